The van der Waals surface area contributed by atoms with E-state index >= 15 is 0 Å². The summed E-state index contributed by atoms with van der Waals surface area (Å²) in [6, 6.07) is 16.3. The zero-order valence-corrected chi connectivity index (χ0v) is 17.9. The number of rotatable bonds is 8. The molecule has 6 heteroatoms. The summed E-state index contributed by atoms with van der Waals surface area (Å²) >= 11 is 0. The van der Waals surface area contributed by atoms with Crippen molar-refractivity contribution in [1.29, 1.82) is 0 Å². The monoisotopic (exact) mass is 409 g/mol. The highest BCUT2D eigenvalue weighted by Gasteiger charge is 2.25. The van der Waals surface area contributed by atoms with Crippen LogP contribution < -0.4 is 4.90 Å². The lowest BCUT2D eigenvalue weighted by Gasteiger charge is -2.26. The summed E-state index contributed by atoms with van der Waals surface area (Å²) in [5, 5.41) is 4.34. The van der Waals surface area contributed by atoms with Gasteiger partial charge in [-0.3, -0.25) is 4.79 Å². The van der Waals surface area contributed by atoms with Gasteiger partial charge in [0, 0.05) is 31.6 Å². The summed E-state index contributed by atoms with van der Waals surface area (Å²) in [7, 11) is 1.95. The van der Waals surface area contributed by atoms with Crippen molar-refractivity contribution in [2.45, 2.75) is 46.3 Å². The molecule has 2 aromatic carbocycles. The van der Waals surface area contributed by atoms with Crippen LogP contribution in [0.25, 0.3) is 11.3 Å². The predicted molar refractivity (Wildman–Crippen MR) is 116 cm³/mol. The van der Waals surface area contributed by atoms with E-state index in [1.165, 1.54) is 12.1 Å². The maximum atomic E-state index is 13.3. The molecule has 0 radical (unpaired) electrons. The third kappa shape index (κ3) is 4.87. The lowest BCUT2D eigenvalue weighted by atomic mass is 10.1. The van der Waals surface area contributed by atoms with Crippen LogP contribution in [0, 0.1) is 5.82 Å². The van der Waals surface area contributed by atoms with Crippen molar-refractivity contribution in [1.82, 2.24) is 10.1 Å². The topological polar surface area (TPSA) is 49.6 Å². The predicted octanol–water partition coefficient (Wildman–Crippen LogP) is 5.26. The molecule has 0 saturated carbocycles. The summed E-state index contributed by atoms with van der Waals surface area (Å²) in [5.41, 5.74) is 3.40. The SMILES string of the molecule is CCC(=O)N(Cc1ccc(F)cc1)Cc1c(-c2ccccc2)noc1N(C)C(C)C. The molecule has 0 atom stereocenters. The molecule has 0 N–H and O–H groups in total. The molecule has 0 aliphatic heterocycles. The van der Waals surface area contributed by atoms with Crippen molar-refractivity contribution in [3.63, 3.8) is 0 Å². The normalized spacial score (nSPS) is 11.0. The Balaban J connectivity index is 2.00. The number of hydrogen-bond donors (Lipinski definition) is 0. The highest BCUT2D eigenvalue weighted by molar-refractivity contribution is 5.77. The van der Waals surface area contributed by atoms with Gasteiger partial charge in [-0.25, -0.2) is 4.39 Å². The van der Waals surface area contributed by atoms with Crippen LogP contribution in [0.4, 0.5) is 10.3 Å². The molecule has 5 nitrogen and oxygen atoms in total. The van der Waals surface area contributed by atoms with Gasteiger partial charge in [0.05, 0.1) is 12.1 Å². The van der Waals surface area contributed by atoms with Gasteiger partial charge in [-0.1, -0.05) is 54.5 Å². The Hall–Kier alpha value is -3.15. The molecule has 1 aromatic heterocycles. The van der Waals surface area contributed by atoms with Gasteiger partial charge < -0.3 is 14.3 Å². The minimum atomic E-state index is -0.293. The Morgan fingerprint density at radius 3 is 2.33 bits per heavy atom. The van der Waals surface area contributed by atoms with Crippen molar-refractivity contribution in [3.8, 4) is 11.3 Å². The average Bonchev–Trinajstić information content (AvgIpc) is 3.17. The summed E-state index contributed by atoms with van der Waals surface area (Å²) in [6.07, 6.45) is 0.377. The first-order chi connectivity index (χ1) is 14.4. The van der Waals surface area contributed by atoms with Crippen LogP contribution in [-0.4, -0.2) is 29.1 Å². The van der Waals surface area contributed by atoms with Crippen molar-refractivity contribution >= 4 is 11.8 Å². The van der Waals surface area contributed by atoms with Crippen molar-refractivity contribution in [3.05, 3.63) is 71.5 Å². The van der Waals surface area contributed by atoms with Gasteiger partial charge in [0.1, 0.15) is 11.5 Å². The molecule has 158 valence electrons. The van der Waals surface area contributed by atoms with E-state index in [0.717, 1.165) is 22.4 Å². The number of anilines is 1. The molecule has 3 aromatic rings. The van der Waals surface area contributed by atoms with Gasteiger partial charge in [0.15, 0.2) is 0 Å². The minimum absolute atomic E-state index is 0.0117. The first kappa shape index (κ1) is 21.6. The van der Waals surface area contributed by atoms with Crippen molar-refractivity contribution < 1.29 is 13.7 Å². The Morgan fingerprint density at radius 1 is 1.07 bits per heavy atom. The van der Waals surface area contributed by atoms with Gasteiger partial charge in [0.25, 0.3) is 0 Å². The largest absolute Gasteiger partial charge is 0.341 e. The van der Waals surface area contributed by atoms with E-state index in [4.69, 9.17) is 4.52 Å². The van der Waals surface area contributed by atoms with E-state index in [9.17, 15) is 9.18 Å². The molecule has 0 aliphatic carbocycles. The molecule has 0 saturated heterocycles. The second-order valence-electron chi connectivity index (χ2n) is 7.62. The summed E-state index contributed by atoms with van der Waals surface area (Å²) in [6.45, 7) is 6.72. The van der Waals surface area contributed by atoms with E-state index in [2.05, 4.69) is 19.0 Å². The molecule has 0 aliphatic rings. The number of benzene rings is 2. The summed E-state index contributed by atoms with van der Waals surface area (Å²) in [4.78, 5) is 16.5. The van der Waals surface area contributed by atoms with Crippen molar-refractivity contribution in [2.75, 3.05) is 11.9 Å². The van der Waals surface area contributed by atoms with Crippen LogP contribution in [0.15, 0.2) is 59.1 Å². The van der Waals surface area contributed by atoms with Crippen LogP contribution in [0.3, 0.4) is 0 Å². The third-order valence-corrected chi connectivity index (χ3v) is 5.20. The van der Waals surface area contributed by atoms with E-state index in [-0.39, 0.29) is 17.8 Å². The van der Waals surface area contributed by atoms with Gasteiger partial charge in [-0.05, 0) is 31.5 Å². The van der Waals surface area contributed by atoms with Gasteiger partial charge >= 0.3 is 0 Å². The fraction of sp³-hybridized carbons (Fsp3) is 0.333. The van der Waals surface area contributed by atoms with Crippen LogP contribution >= 0.6 is 0 Å². The minimum Gasteiger partial charge on any atom is -0.341 e. The zero-order valence-electron chi connectivity index (χ0n) is 17.9. The van der Waals surface area contributed by atoms with Crippen LogP contribution in [0.1, 0.15) is 38.3 Å². The number of nitrogens with zero attached hydrogens (tertiary/aromatic N) is 3. The number of carbonyl (C=O) groups is 1. The quantitative estimate of drug-likeness (QED) is 0.509. The second-order valence-corrected chi connectivity index (χ2v) is 7.62. The van der Waals surface area contributed by atoms with E-state index in [0.29, 0.717) is 25.4 Å². The summed E-state index contributed by atoms with van der Waals surface area (Å²) in [5.74, 6) is 0.368. The number of carbonyl (C=O) groups excluding carboxylic acids is 1. The Labute approximate surface area is 177 Å². The first-order valence-electron chi connectivity index (χ1n) is 10.2. The van der Waals surface area contributed by atoms with Crippen LogP contribution in [-0.2, 0) is 17.9 Å². The zero-order chi connectivity index (χ0) is 21.7. The molecule has 0 spiro atoms. The van der Waals surface area contributed by atoms with Crippen LogP contribution in [0.2, 0.25) is 0 Å². The van der Waals surface area contributed by atoms with Gasteiger partial charge in [-0.2, -0.15) is 0 Å². The van der Waals surface area contributed by atoms with E-state index in [1.54, 1.807) is 17.0 Å². The molecule has 3 rings (SSSR count). The smallest absolute Gasteiger partial charge is 0.232 e. The molecule has 1 heterocycles. The fourth-order valence-corrected chi connectivity index (χ4v) is 3.23. The standard InChI is InChI=1S/C24H28FN3O2/c1-5-22(29)28(15-18-11-13-20(25)14-12-18)16-21-23(19-9-7-6-8-10-19)26-30-24(21)27(4)17(2)3/h6-14,17H,5,15-16H2,1-4H3. The number of halogens is 1. The molecule has 1 amide bonds. The molecule has 0 fully saturated rings. The lowest BCUT2D eigenvalue weighted by Crippen LogP contribution is -2.31. The molecule has 30 heavy (non-hydrogen) atoms. The second kappa shape index (κ2) is 9.57. The Kier molecular flexibility index (Phi) is 6.87. The molecule has 0 unspecified atom stereocenters. The Bertz CT molecular complexity index is 968. The third-order valence-electron chi connectivity index (χ3n) is 5.20. The highest BCUT2D eigenvalue weighted by atomic mass is 19.1. The molecular formula is C24H28FN3O2. The van der Waals surface area contributed by atoms with Gasteiger partial charge in [-0.15, -0.1) is 0 Å². The summed E-state index contributed by atoms with van der Waals surface area (Å²) < 4.78 is 19.0. The number of hydrogen-bond acceptors (Lipinski definition) is 4. The molecular weight excluding hydrogens is 381 g/mol. The Morgan fingerprint density at radius 2 is 1.73 bits per heavy atom. The van der Waals surface area contributed by atoms with Gasteiger partial charge in [0.2, 0.25) is 11.8 Å². The van der Waals surface area contributed by atoms with Crippen molar-refractivity contribution in [2.24, 2.45) is 0 Å². The molecule has 0 bridgehead atoms. The first-order valence-corrected chi connectivity index (χ1v) is 10.2. The maximum absolute atomic E-state index is 13.3. The fourth-order valence-electron chi connectivity index (χ4n) is 3.23. The lowest BCUT2D eigenvalue weighted by molar-refractivity contribution is -0.132. The average molecular weight is 410 g/mol. The number of aromatic nitrogens is 1. The van der Waals surface area contributed by atoms with Crippen LogP contribution in [0.5, 0.6) is 0 Å². The van der Waals surface area contributed by atoms with E-state index in [1.807, 2.05) is 49.2 Å². The highest BCUT2D eigenvalue weighted by Crippen LogP contribution is 2.33. The van der Waals surface area contributed by atoms with E-state index < -0.39 is 0 Å². The maximum Gasteiger partial charge on any atom is 0.232 e. The number of amides is 1.